The van der Waals surface area contributed by atoms with Crippen LogP contribution >= 0.6 is 0 Å². The molecule has 0 amide bonds. The topological polar surface area (TPSA) is 9.23 Å². The predicted octanol–water partition coefficient (Wildman–Crippen LogP) is 5.05. The Morgan fingerprint density at radius 2 is 1.12 bits per heavy atom. The van der Waals surface area contributed by atoms with Crippen LogP contribution in [0.2, 0.25) is 0 Å². The molecule has 0 aliphatic carbocycles. The highest BCUT2D eigenvalue weighted by Gasteiger charge is 2.26. The van der Waals surface area contributed by atoms with E-state index in [0.717, 1.165) is 13.2 Å². The van der Waals surface area contributed by atoms with Crippen LogP contribution in [0.25, 0.3) is 0 Å². The van der Waals surface area contributed by atoms with Gasteiger partial charge in [0.25, 0.3) is 0 Å². The first-order valence-electron chi connectivity index (χ1n) is 7.09. The summed E-state index contributed by atoms with van der Waals surface area (Å²) >= 11 is 0. The van der Waals surface area contributed by atoms with Gasteiger partial charge in [0.1, 0.15) is 0 Å². The molecule has 0 aromatic heterocycles. The Morgan fingerprint density at radius 1 is 0.688 bits per heavy atom. The van der Waals surface area contributed by atoms with Crippen molar-refractivity contribution in [1.29, 1.82) is 0 Å². The molecule has 0 aliphatic rings. The molecule has 0 bridgehead atoms. The molecule has 16 heavy (non-hydrogen) atoms. The van der Waals surface area contributed by atoms with Crippen molar-refractivity contribution in [1.82, 2.24) is 0 Å². The molecule has 0 rings (SSSR count). The summed E-state index contributed by atoms with van der Waals surface area (Å²) in [6, 6.07) is 0. The Morgan fingerprint density at radius 3 is 1.44 bits per heavy atom. The van der Waals surface area contributed by atoms with E-state index in [0.29, 0.717) is 10.8 Å². The Labute approximate surface area is 103 Å². The van der Waals surface area contributed by atoms with Crippen LogP contribution in [0.3, 0.4) is 0 Å². The molecule has 0 heterocycles. The predicted molar refractivity (Wildman–Crippen MR) is 72.8 cm³/mol. The number of hydrogen-bond donors (Lipinski definition) is 0. The highest BCUT2D eigenvalue weighted by atomic mass is 16.5. The fourth-order valence-corrected chi connectivity index (χ4v) is 2.02. The van der Waals surface area contributed by atoms with Crippen molar-refractivity contribution >= 4 is 0 Å². The molecular weight excluding hydrogens is 196 g/mol. The second-order valence-corrected chi connectivity index (χ2v) is 5.57. The monoisotopic (exact) mass is 228 g/mol. The lowest BCUT2D eigenvalue weighted by molar-refractivity contribution is -0.0106. The van der Waals surface area contributed by atoms with Crippen molar-refractivity contribution in [3.05, 3.63) is 0 Å². The van der Waals surface area contributed by atoms with Gasteiger partial charge in [0.05, 0.1) is 13.2 Å². The molecule has 0 unspecified atom stereocenters. The van der Waals surface area contributed by atoms with Crippen LogP contribution in [0, 0.1) is 10.8 Å². The van der Waals surface area contributed by atoms with Gasteiger partial charge in [-0.25, -0.2) is 0 Å². The summed E-state index contributed by atoms with van der Waals surface area (Å²) in [6.07, 6.45) is 6.11. The Balaban J connectivity index is 4.13. The van der Waals surface area contributed by atoms with E-state index in [2.05, 4.69) is 41.5 Å². The van der Waals surface area contributed by atoms with Gasteiger partial charge in [-0.3, -0.25) is 0 Å². The van der Waals surface area contributed by atoms with Crippen LogP contribution in [0.1, 0.15) is 73.6 Å². The van der Waals surface area contributed by atoms with Gasteiger partial charge < -0.3 is 4.74 Å². The summed E-state index contributed by atoms with van der Waals surface area (Å²) in [6.45, 7) is 15.6. The van der Waals surface area contributed by atoms with Gasteiger partial charge >= 0.3 is 0 Å². The summed E-state index contributed by atoms with van der Waals surface area (Å²) < 4.78 is 6.02. The van der Waals surface area contributed by atoms with Gasteiger partial charge in [-0.05, 0) is 42.9 Å². The number of rotatable bonds is 9. The standard InChI is InChI=1S/C15H32O/c1-7-14(6,8-2)12-16-13-15(9-3,10-4)11-5/h7-13H2,1-6H3. The fraction of sp³-hybridized carbons (Fsp3) is 1.00. The third-order valence-electron chi connectivity index (χ3n) is 4.82. The molecule has 0 N–H and O–H groups in total. The number of hydrogen-bond acceptors (Lipinski definition) is 1. The van der Waals surface area contributed by atoms with Crippen LogP contribution < -0.4 is 0 Å². The van der Waals surface area contributed by atoms with Crippen LogP contribution in [0.15, 0.2) is 0 Å². The average molecular weight is 228 g/mol. The first-order valence-corrected chi connectivity index (χ1v) is 7.09. The molecule has 98 valence electrons. The zero-order valence-electron chi connectivity index (χ0n) is 12.4. The maximum Gasteiger partial charge on any atom is 0.0522 e. The largest absolute Gasteiger partial charge is 0.380 e. The summed E-state index contributed by atoms with van der Waals surface area (Å²) in [5, 5.41) is 0. The van der Waals surface area contributed by atoms with E-state index in [1.807, 2.05) is 0 Å². The lowest BCUT2D eigenvalue weighted by Crippen LogP contribution is -2.29. The molecule has 1 heteroatoms. The molecule has 0 radical (unpaired) electrons. The molecule has 0 aromatic rings. The smallest absolute Gasteiger partial charge is 0.0522 e. The highest BCUT2D eigenvalue weighted by molar-refractivity contribution is 4.76. The van der Waals surface area contributed by atoms with E-state index in [1.54, 1.807) is 0 Å². The molecule has 0 aromatic carbocycles. The van der Waals surface area contributed by atoms with Crippen molar-refractivity contribution in [2.45, 2.75) is 73.6 Å². The quantitative estimate of drug-likeness (QED) is 0.537. The second-order valence-electron chi connectivity index (χ2n) is 5.57. The summed E-state index contributed by atoms with van der Waals surface area (Å²) in [5.74, 6) is 0. The SMILES string of the molecule is CCC(C)(CC)COCC(CC)(CC)CC. The van der Waals surface area contributed by atoms with Gasteiger partial charge in [0.15, 0.2) is 0 Å². The van der Waals surface area contributed by atoms with Gasteiger partial charge in [-0.1, -0.05) is 41.5 Å². The Bertz CT molecular complexity index is 158. The molecule has 1 nitrogen and oxygen atoms in total. The van der Waals surface area contributed by atoms with E-state index >= 15 is 0 Å². The maximum absolute atomic E-state index is 6.02. The van der Waals surface area contributed by atoms with Crippen LogP contribution in [-0.2, 0) is 4.74 Å². The first-order chi connectivity index (χ1) is 7.51. The van der Waals surface area contributed by atoms with Crippen molar-refractivity contribution in [2.24, 2.45) is 10.8 Å². The normalized spacial score (nSPS) is 13.1. The Kier molecular flexibility index (Phi) is 7.30. The van der Waals surface area contributed by atoms with E-state index in [4.69, 9.17) is 4.74 Å². The molecule has 0 aliphatic heterocycles. The van der Waals surface area contributed by atoms with Gasteiger partial charge in [0, 0.05) is 0 Å². The molecular formula is C15H32O. The van der Waals surface area contributed by atoms with Crippen LogP contribution in [0.4, 0.5) is 0 Å². The van der Waals surface area contributed by atoms with E-state index < -0.39 is 0 Å². The Hall–Kier alpha value is -0.0400. The minimum absolute atomic E-state index is 0.376. The van der Waals surface area contributed by atoms with E-state index in [9.17, 15) is 0 Å². The van der Waals surface area contributed by atoms with Gasteiger partial charge in [-0.2, -0.15) is 0 Å². The van der Waals surface area contributed by atoms with Crippen LogP contribution in [0.5, 0.6) is 0 Å². The number of ether oxygens (including phenoxy) is 1. The van der Waals surface area contributed by atoms with Crippen molar-refractivity contribution < 1.29 is 4.74 Å². The fourth-order valence-electron chi connectivity index (χ4n) is 2.02. The summed E-state index contributed by atoms with van der Waals surface area (Å²) in [4.78, 5) is 0. The lowest BCUT2D eigenvalue weighted by atomic mass is 9.80. The van der Waals surface area contributed by atoms with E-state index in [-0.39, 0.29) is 0 Å². The van der Waals surface area contributed by atoms with Crippen molar-refractivity contribution in [3.8, 4) is 0 Å². The molecule has 0 fully saturated rings. The van der Waals surface area contributed by atoms with Gasteiger partial charge in [-0.15, -0.1) is 0 Å². The molecule has 0 atom stereocenters. The zero-order chi connectivity index (χ0) is 12.7. The van der Waals surface area contributed by atoms with Gasteiger partial charge in [0.2, 0.25) is 0 Å². The molecule has 0 saturated carbocycles. The third-order valence-corrected chi connectivity index (χ3v) is 4.82. The lowest BCUT2D eigenvalue weighted by Gasteiger charge is -2.33. The molecule has 0 spiro atoms. The van der Waals surface area contributed by atoms with E-state index in [1.165, 1.54) is 32.1 Å². The van der Waals surface area contributed by atoms with Crippen molar-refractivity contribution in [2.75, 3.05) is 13.2 Å². The highest BCUT2D eigenvalue weighted by Crippen LogP contribution is 2.32. The first kappa shape index (κ1) is 16.0. The third kappa shape index (κ3) is 4.45. The second kappa shape index (κ2) is 7.32. The minimum Gasteiger partial charge on any atom is -0.380 e. The molecule has 0 saturated heterocycles. The van der Waals surface area contributed by atoms with Crippen LogP contribution in [-0.4, -0.2) is 13.2 Å². The average Bonchev–Trinajstić information content (AvgIpc) is 2.35. The van der Waals surface area contributed by atoms with Crippen molar-refractivity contribution in [3.63, 3.8) is 0 Å². The zero-order valence-corrected chi connectivity index (χ0v) is 12.4. The summed E-state index contributed by atoms with van der Waals surface area (Å²) in [5.41, 5.74) is 0.795. The summed E-state index contributed by atoms with van der Waals surface area (Å²) in [7, 11) is 0. The maximum atomic E-state index is 6.02. The minimum atomic E-state index is 0.376.